The Balaban J connectivity index is 1.85. The molecule has 22 heavy (non-hydrogen) atoms. The Bertz CT molecular complexity index is 570. The number of aromatic nitrogens is 1. The zero-order chi connectivity index (χ0) is 15.7. The molecule has 5 nitrogen and oxygen atoms in total. The highest BCUT2D eigenvalue weighted by atomic mass is 35.5. The molecule has 2 saturated heterocycles. The van der Waals surface area contributed by atoms with Gasteiger partial charge in [0.1, 0.15) is 17.4 Å². The summed E-state index contributed by atoms with van der Waals surface area (Å²) in [7, 11) is 0. The number of likely N-dealkylation sites (tertiary alicyclic amines) is 1. The molecule has 0 N–H and O–H groups in total. The first-order valence-corrected chi connectivity index (χ1v) is 8.22. The molecular weight excluding hydrogens is 327 g/mol. The van der Waals surface area contributed by atoms with E-state index in [4.69, 9.17) is 32.7 Å². The topological polar surface area (TPSA) is 51.7 Å². The van der Waals surface area contributed by atoms with Gasteiger partial charge in [-0.2, -0.15) is 0 Å². The molecule has 0 radical (unpaired) electrons. The Hall–Kier alpha value is -0.880. The van der Waals surface area contributed by atoms with Crippen LogP contribution in [0.3, 0.4) is 0 Å². The van der Waals surface area contributed by atoms with E-state index in [-0.39, 0.29) is 29.3 Å². The average Bonchev–Trinajstić information content (AvgIpc) is 2.86. The summed E-state index contributed by atoms with van der Waals surface area (Å²) in [5.74, 6) is -0.142. The minimum Gasteiger partial charge on any atom is -0.374 e. The van der Waals surface area contributed by atoms with Crippen LogP contribution in [-0.4, -0.2) is 53.8 Å². The van der Waals surface area contributed by atoms with E-state index in [1.54, 1.807) is 4.90 Å². The average molecular weight is 345 g/mol. The Morgan fingerprint density at radius 3 is 3.09 bits per heavy atom. The van der Waals surface area contributed by atoms with Gasteiger partial charge in [0.05, 0.1) is 23.2 Å². The first-order chi connectivity index (χ1) is 10.6. The maximum absolute atomic E-state index is 12.8. The standard InChI is InChI=1S/C15H18Cl2N2O3/c1-2-21-12-8-19(11-4-3-5-22-14(11)12)15(20)9-7-18-13(17)6-10(9)16/h6-7,11-12,14H,2-5,8H2,1H3/t11-,12+,14+/m1/s1. The first kappa shape index (κ1) is 16.0. The van der Waals surface area contributed by atoms with Gasteiger partial charge in [0.15, 0.2) is 0 Å². The van der Waals surface area contributed by atoms with Crippen molar-refractivity contribution in [1.82, 2.24) is 9.88 Å². The van der Waals surface area contributed by atoms with Crippen molar-refractivity contribution in [2.75, 3.05) is 19.8 Å². The normalized spacial score (nSPS) is 27.8. The van der Waals surface area contributed by atoms with Crippen LogP contribution in [0.15, 0.2) is 12.3 Å². The number of carbonyl (C=O) groups is 1. The van der Waals surface area contributed by atoms with E-state index >= 15 is 0 Å². The number of pyridine rings is 1. The van der Waals surface area contributed by atoms with Gasteiger partial charge in [-0.3, -0.25) is 4.79 Å². The minimum absolute atomic E-state index is 0.0320. The van der Waals surface area contributed by atoms with Gasteiger partial charge in [0.25, 0.3) is 5.91 Å². The molecule has 3 rings (SSSR count). The van der Waals surface area contributed by atoms with Gasteiger partial charge < -0.3 is 14.4 Å². The van der Waals surface area contributed by atoms with Crippen LogP contribution in [-0.2, 0) is 9.47 Å². The van der Waals surface area contributed by atoms with Crippen molar-refractivity contribution >= 4 is 29.1 Å². The lowest BCUT2D eigenvalue weighted by Gasteiger charge is -2.32. The number of fused-ring (bicyclic) bond motifs is 1. The number of hydrogen-bond donors (Lipinski definition) is 0. The van der Waals surface area contributed by atoms with Crippen LogP contribution in [0.4, 0.5) is 0 Å². The van der Waals surface area contributed by atoms with Crippen molar-refractivity contribution in [3.8, 4) is 0 Å². The lowest BCUT2D eigenvalue weighted by molar-refractivity contribution is -0.0737. The van der Waals surface area contributed by atoms with Crippen LogP contribution >= 0.6 is 23.2 Å². The molecule has 2 aliphatic rings. The highest BCUT2D eigenvalue weighted by Gasteiger charge is 2.46. The largest absolute Gasteiger partial charge is 0.374 e. The van der Waals surface area contributed by atoms with E-state index in [9.17, 15) is 4.79 Å². The summed E-state index contributed by atoms with van der Waals surface area (Å²) in [6, 6.07) is 1.52. The van der Waals surface area contributed by atoms with Gasteiger partial charge in [-0.25, -0.2) is 4.98 Å². The molecule has 2 aliphatic heterocycles. The summed E-state index contributed by atoms with van der Waals surface area (Å²) >= 11 is 11.9. The number of carbonyl (C=O) groups excluding carboxylic acids is 1. The third kappa shape index (κ3) is 2.95. The number of amides is 1. The third-order valence-corrected chi connectivity index (χ3v) is 4.69. The Morgan fingerprint density at radius 2 is 2.36 bits per heavy atom. The number of halogens is 2. The van der Waals surface area contributed by atoms with Crippen molar-refractivity contribution in [2.45, 2.75) is 38.0 Å². The van der Waals surface area contributed by atoms with Gasteiger partial charge in [-0.15, -0.1) is 0 Å². The second-order valence-corrected chi connectivity index (χ2v) is 6.28. The maximum Gasteiger partial charge on any atom is 0.257 e. The van der Waals surface area contributed by atoms with Crippen molar-refractivity contribution in [3.05, 3.63) is 28.0 Å². The van der Waals surface area contributed by atoms with Gasteiger partial charge in [0, 0.05) is 19.4 Å². The van der Waals surface area contributed by atoms with Crippen LogP contribution in [0.25, 0.3) is 0 Å². The van der Waals surface area contributed by atoms with Crippen molar-refractivity contribution in [3.63, 3.8) is 0 Å². The lowest BCUT2D eigenvalue weighted by atomic mass is 10.0. The predicted octanol–water partition coefficient (Wildman–Crippen LogP) is 2.80. The molecule has 1 amide bonds. The van der Waals surface area contributed by atoms with E-state index < -0.39 is 0 Å². The highest BCUT2D eigenvalue weighted by Crippen LogP contribution is 2.33. The number of ether oxygens (including phenoxy) is 2. The molecule has 0 saturated carbocycles. The van der Waals surface area contributed by atoms with E-state index in [1.807, 2.05) is 6.92 Å². The summed E-state index contributed by atoms with van der Waals surface area (Å²) in [4.78, 5) is 18.6. The van der Waals surface area contributed by atoms with Gasteiger partial charge in [-0.05, 0) is 25.8 Å². The fraction of sp³-hybridized carbons (Fsp3) is 0.600. The maximum atomic E-state index is 12.8. The minimum atomic E-state index is -0.142. The van der Waals surface area contributed by atoms with E-state index in [0.29, 0.717) is 23.7 Å². The first-order valence-electron chi connectivity index (χ1n) is 7.47. The van der Waals surface area contributed by atoms with E-state index in [2.05, 4.69) is 4.98 Å². The van der Waals surface area contributed by atoms with Crippen LogP contribution in [0.5, 0.6) is 0 Å². The van der Waals surface area contributed by atoms with E-state index in [0.717, 1.165) is 19.4 Å². The smallest absolute Gasteiger partial charge is 0.257 e. The zero-order valence-electron chi connectivity index (χ0n) is 12.3. The van der Waals surface area contributed by atoms with Crippen LogP contribution in [0.1, 0.15) is 30.1 Å². The van der Waals surface area contributed by atoms with Gasteiger partial charge in [-0.1, -0.05) is 23.2 Å². The molecule has 1 aromatic rings. The van der Waals surface area contributed by atoms with Gasteiger partial charge in [0.2, 0.25) is 0 Å². The molecule has 1 aromatic heterocycles. The quantitative estimate of drug-likeness (QED) is 0.791. The summed E-state index contributed by atoms with van der Waals surface area (Å²) in [5, 5.41) is 0.590. The molecule has 0 aliphatic carbocycles. The summed E-state index contributed by atoms with van der Waals surface area (Å²) in [6.07, 6.45) is 3.14. The monoisotopic (exact) mass is 344 g/mol. The van der Waals surface area contributed by atoms with Crippen molar-refractivity contribution in [2.24, 2.45) is 0 Å². The predicted molar refractivity (Wildman–Crippen MR) is 83.5 cm³/mol. The van der Waals surface area contributed by atoms with E-state index in [1.165, 1.54) is 12.3 Å². The van der Waals surface area contributed by atoms with Crippen molar-refractivity contribution in [1.29, 1.82) is 0 Å². The van der Waals surface area contributed by atoms with Crippen LogP contribution in [0, 0.1) is 0 Å². The van der Waals surface area contributed by atoms with Crippen LogP contribution < -0.4 is 0 Å². The Kier molecular flexibility index (Phi) is 4.88. The number of nitrogens with zero attached hydrogens (tertiary/aromatic N) is 2. The molecule has 3 atom stereocenters. The van der Waals surface area contributed by atoms with Gasteiger partial charge >= 0.3 is 0 Å². The number of rotatable bonds is 3. The Morgan fingerprint density at radius 1 is 1.55 bits per heavy atom. The van der Waals surface area contributed by atoms with Crippen molar-refractivity contribution < 1.29 is 14.3 Å². The second kappa shape index (κ2) is 6.71. The molecule has 2 fully saturated rings. The molecule has 120 valence electrons. The lowest BCUT2D eigenvalue weighted by Crippen LogP contribution is -2.44. The molecule has 0 unspecified atom stereocenters. The zero-order valence-corrected chi connectivity index (χ0v) is 13.8. The second-order valence-electron chi connectivity index (χ2n) is 5.48. The summed E-state index contributed by atoms with van der Waals surface area (Å²) in [6.45, 7) is 3.78. The fourth-order valence-corrected chi connectivity index (χ4v) is 3.67. The summed E-state index contributed by atoms with van der Waals surface area (Å²) in [5.41, 5.74) is 0.368. The molecule has 3 heterocycles. The summed E-state index contributed by atoms with van der Waals surface area (Å²) < 4.78 is 11.6. The highest BCUT2D eigenvalue weighted by molar-refractivity contribution is 6.36. The molecule has 0 bridgehead atoms. The number of hydrogen-bond acceptors (Lipinski definition) is 4. The molecule has 0 spiro atoms. The molecule has 0 aromatic carbocycles. The third-order valence-electron chi connectivity index (χ3n) is 4.17. The van der Waals surface area contributed by atoms with Crippen LogP contribution in [0.2, 0.25) is 10.2 Å². The SMILES string of the molecule is CCO[C@H]1CN(C(=O)c2cnc(Cl)cc2Cl)[C@@H]2CCCO[C@H]12. The Labute approximate surface area is 139 Å². The molecule has 7 heteroatoms. The fourth-order valence-electron chi connectivity index (χ4n) is 3.22. The molecular formula is C15H18Cl2N2O3.